The standard InChI is InChI=1S/C26H29N9O/c1-34(2)10-11-36-19-12-17(14-27-16-19)18-13-20-22(32-33-24(20)29-15-18)26-30-23-21(6-7-28-25(23)31-26)35-8-4-3-5-9-35/h6-7,12-16H,3-5,8-11H2,1-2H3,(H,28,30,31)(H,29,32,33). The van der Waals surface area contributed by atoms with Gasteiger partial charge in [0.2, 0.25) is 0 Å². The van der Waals surface area contributed by atoms with Crippen LogP contribution >= 0.6 is 0 Å². The molecule has 184 valence electrons. The normalized spacial score (nSPS) is 14.2. The van der Waals surface area contributed by atoms with E-state index in [0.717, 1.165) is 58.8 Å². The summed E-state index contributed by atoms with van der Waals surface area (Å²) in [4.78, 5) is 26.3. The second-order valence-corrected chi connectivity index (χ2v) is 9.42. The van der Waals surface area contributed by atoms with Crippen LogP contribution in [-0.2, 0) is 0 Å². The van der Waals surface area contributed by atoms with Gasteiger partial charge >= 0.3 is 0 Å². The fourth-order valence-electron chi connectivity index (χ4n) is 4.65. The molecule has 1 aliphatic heterocycles. The SMILES string of the molecule is CN(C)CCOc1cncc(-c2cnc3n[nH]c(-c4nc5nccc(N6CCCCC6)c5[nH]4)c3c2)c1. The van der Waals surface area contributed by atoms with Crippen LogP contribution in [0.4, 0.5) is 5.69 Å². The molecule has 0 aromatic carbocycles. The second kappa shape index (κ2) is 9.54. The molecule has 0 amide bonds. The van der Waals surface area contributed by atoms with E-state index >= 15 is 0 Å². The quantitative estimate of drug-likeness (QED) is 0.359. The molecule has 36 heavy (non-hydrogen) atoms. The Kier molecular flexibility index (Phi) is 5.94. The Labute approximate surface area is 208 Å². The number of likely N-dealkylation sites (N-methyl/N-ethyl adjacent to an activating group) is 1. The van der Waals surface area contributed by atoms with Gasteiger partial charge in [-0.15, -0.1) is 0 Å². The molecule has 0 atom stereocenters. The number of anilines is 1. The molecule has 0 aliphatic carbocycles. The van der Waals surface area contributed by atoms with Crippen molar-refractivity contribution in [2.24, 2.45) is 0 Å². The van der Waals surface area contributed by atoms with Crippen LogP contribution in [0.3, 0.4) is 0 Å². The van der Waals surface area contributed by atoms with Crippen molar-refractivity contribution in [2.75, 3.05) is 45.2 Å². The van der Waals surface area contributed by atoms with Crippen LogP contribution in [0.1, 0.15) is 19.3 Å². The van der Waals surface area contributed by atoms with Crippen molar-refractivity contribution in [2.45, 2.75) is 19.3 Å². The lowest BCUT2D eigenvalue weighted by atomic mass is 10.1. The zero-order valence-electron chi connectivity index (χ0n) is 20.5. The number of nitrogens with one attached hydrogen (secondary N) is 2. The minimum Gasteiger partial charge on any atom is -0.491 e. The maximum Gasteiger partial charge on any atom is 0.181 e. The third-order valence-corrected chi connectivity index (χ3v) is 6.57. The zero-order chi connectivity index (χ0) is 24.5. The Balaban J connectivity index is 1.34. The van der Waals surface area contributed by atoms with Gasteiger partial charge in [-0.1, -0.05) is 0 Å². The first-order valence-electron chi connectivity index (χ1n) is 12.3. The van der Waals surface area contributed by atoms with Crippen LogP contribution in [-0.4, -0.2) is 80.4 Å². The van der Waals surface area contributed by atoms with Gasteiger partial charge in [0.05, 0.1) is 17.3 Å². The smallest absolute Gasteiger partial charge is 0.181 e. The molecule has 0 spiro atoms. The predicted molar refractivity (Wildman–Crippen MR) is 140 cm³/mol. The molecule has 0 saturated carbocycles. The topological polar surface area (TPSA) is 112 Å². The van der Waals surface area contributed by atoms with E-state index in [9.17, 15) is 0 Å². The molecule has 5 aromatic heterocycles. The van der Waals surface area contributed by atoms with Crippen LogP contribution in [0.5, 0.6) is 5.75 Å². The first-order valence-corrected chi connectivity index (χ1v) is 12.3. The Bertz CT molecular complexity index is 1500. The number of pyridine rings is 3. The lowest BCUT2D eigenvalue weighted by Crippen LogP contribution is -2.29. The van der Waals surface area contributed by atoms with Crippen molar-refractivity contribution in [3.8, 4) is 28.4 Å². The molecule has 5 aromatic rings. The predicted octanol–water partition coefficient (Wildman–Crippen LogP) is 3.89. The highest BCUT2D eigenvalue weighted by Crippen LogP contribution is 2.32. The van der Waals surface area contributed by atoms with Crippen LogP contribution in [0, 0.1) is 0 Å². The summed E-state index contributed by atoms with van der Waals surface area (Å²) in [5, 5.41) is 8.42. The molecule has 10 nitrogen and oxygen atoms in total. The van der Waals surface area contributed by atoms with E-state index in [0.29, 0.717) is 23.7 Å². The van der Waals surface area contributed by atoms with Crippen molar-refractivity contribution in [3.63, 3.8) is 0 Å². The number of imidazole rings is 1. The number of hydrogen-bond donors (Lipinski definition) is 2. The first-order chi connectivity index (χ1) is 17.7. The number of piperidine rings is 1. The Morgan fingerprint density at radius 3 is 2.72 bits per heavy atom. The van der Waals surface area contributed by atoms with Gasteiger partial charge in [0.15, 0.2) is 17.1 Å². The van der Waals surface area contributed by atoms with Gasteiger partial charge in [-0.3, -0.25) is 10.1 Å². The fourth-order valence-corrected chi connectivity index (χ4v) is 4.65. The van der Waals surface area contributed by atoms with Gasteiger partial charge in [0.25, 0.3) is 0 Å². The van der Waals surface area contributed by atoms with Crippen molar-refractivity contribution >= 4 is 27.9 Å². The molecule has 1 fully saturated rings. The van der Waals surface area contributed by atoms with E-state index in [4.69, 9.17) is 9.72 Å². The molecule has 2 N–H and O–H groups in total. The maximum atomic E-state index is 5.87. The van der Waals surface area contributed by atoms with Crippen LogP contribution in [0.2, 0.25) is 0 Å². The van der Waals surface area contributed by atoms with Gasteiger partial charge in [0.1, 0.15) is 23.6 Å². The van der Waals surface area contributed by atoms with Crippen molar-refractivity contribution in [1.82, 2.24) is 40.0 Å². The number of aromatic nitrogens is 7. The number of hydrogen-bond acceptors (Lipinski definition) is 8. The third kappa shape index (κ3) is 4.35. The number of H-pyrrole nitrogens is 2. The largest absolute Gasteiger partial charge is 0.491 e. The molecule has 0 radical (unpaired) electrons. The summed E-state index contributed by atoms with van der Waals surface area (Å²) in [6.07, 6.45) is 10.9. The molecule has 1 aliphatic rings. The number of aromatic amines is 2. The Morgan fingerprint density at radius 1 is 1.00 bits per heavy atom. The van der Waals surface area contributed by atoms with E-state index < -0.39 is 0 Å². The summed E-state index contributed by atoms with van der Waals surface area (Å²) in [5.41, 5.74) is 6.08. The number of rotatable bonds is 7. The molecule has 10 heteroatoms. The first kappa shape index (κ1) is 22.4. The Morgan fingerprint density at radius 2 is 1.86 bits per heavy atom. The Hall–Kier alpha value is -4.05. The second-order valence-electron chi connectivity index (χ2n) is 9.42. The van der Waals surface area contributed by atoms with Crippen LogP contribution in [0.25, 0.3) is 44.8 Å². The van der Waals surface area contributed by atoms with Gasteiger partial charge in [-0.25, -0.2) is 15.0 Å². The summed E-state index contributed by atoms with van der Waals surface area (Å²) < 4.78 is 5.87. The molecule has 6 rings (SSSR count). The maximum absolute atomic E-state index is 5.87. The van der Waals surface area contributed by atoms with E-state index in [1.54, 1.807) is 6.20 Å². The van der Waals surface area contributed by atoms with Gasteiger partial charge in [0, 0.05) is 49.4 Å². The lowest BCUT2D eigenvalue weighted by molar-refractivity contribution is 0.261. The van der Waals surface area contributed by atoms with Crippen molar-refractivity contribution in [1.29, 1.82) is 0 Å². The fraction of sp³-hybridized carbons (Fsp3) is 0.346. The number of ether oxygens (including phenoxy) is 1. The van der Waals surface area contributed by atoms with Crippen LogP contribution < -0.4 is 9.64 Å². The minimum atomic E-state index is 0.598. The summed E-state index contributed by atoms with van der Waals surface area (Å²) in [6, 6.07) is 6.12. The van der Waals surface area contributed by atoms with Gasteiger partial charge in [-0.05, 0) is 51.6 Å². The molecule has 6 heterocycles. The van der Waals surface area contributed by atoms with Crippen LogP contribution in [0.15, 0.2) is 43.0 Å². The lowest BCUT2D eigenvalue weighted by Gasteiger charge is -2.28. The highest BCUT2D eigenvalue weighted by Gasteiger charge is 2.19. The van der Waals surface area contributed by atoms with E-state index in [-0.39, 0.29) is 0 Å². The summed E-state index contributed by atoms with van der Waals surface area (Å²) in [5.74, 6) is 1.43. The molecule has 0 bridgehead atoms. The number of fused-ring (bicyclic) bond motifs is 2. The molecular formula is C26H29N9O. The summed E-state index contributed by atoms with van der Waals surface area (Å²) in [6.45, 7) is 3.54. The molecule has 1 saturated heterocycles. The number of nitrogens with zero attached hydrogens (tertiary/aromatic N) is 7. The zero-order valence-corrected chi connectivity index (χ0v) is 20.5. The summed E-state index contributed by atoms with van der Waals surface area (Å²) in [7, 11) is 4.04. The third-order valence-electron chi connectivity index (χ3n) is 6.57. The highest BCUT2D eigenvalue weighted by atomic mass is 16.5. The van der Waals surface area contributed by atoms with E-state index in [1.165, 1.54) is 19.3 Å². The minimum absolute atomic E-state index is 0.598. The van der Waals surface area contributed by atoms with Gasteiger partial charge in [-0.2, -0.15) is 5.10 Å². The van der Waals surface area contributed by atoms with Crippen molar-refractivity contribution < 1.29 is 4.74 Å². The van der Waals surface area contributed by atoms with Gasteiger partial charge < -0.3 is 19.5 Å². The monoisotopic (exact) mass is 483 g/mol. The molecular weight excluding hydrogens is 454 g/mol. The average molecular weight is 484 g/mol. The van der Waals surface area contributed by atoms with E-state index in [1.807, 2.05) is 38.8 Å². The highest BCUT2D eigenvalue weighted by molar-refractivity contribution is 5.95. The molecule has 0 unspecified atom stereocenters. The average Bonchev–Trinajstić information content (AvgIpc) is 3.53. The summed E-state index contributed by atoms with van der Waals surface area (Å²) >= 11 is 0. The van der Waals surface area contributed by atoms with Crippen molar-refractivity contribution in [3.05, 3.63) is 43.0 Å². The van der Waals surface area contributed by atoms with E-state index in [2.05, 4.69) is 52.1 Å².